The third kappa shape index (κ3) is 13.4. The Morgan fingerprint density at radius 3 is 1.77 bits per heavy atom. The topological polar surface area (TPSA) is 118 Å². The first kappa shape index (κ1) is 41.7. The van der Waals surface area contributed by atoms with Gasteiger partial charge in [0.15, 0.2) is 18.3 Å². The first-order valence-corrected chi connectivity index (χ1v) is 19.1. The number of hydrogen-bond acceptors (Lipinski definition) is 9. The Balaban J connectivity index is 1.04. The van der Waals surface area contributed by atoms with Crippen LogP contribution in [0.1, 0.15) is 126 Å². The molecule has 0 aliphatic carbocycles. The fourth-order valence-corrected chi connectivity index (χ4v) is 7.23. The van der Waals surface area contributed by atoms with E-state index in [0.717, 1.165) is 37.7 Å². The van der Waals surface area contributed by atoms with Crippen molar-refractivity contribution < 1.29 is 43.2 Å². The van der Waals surface area contributed by atoms with Gasteiger partial charge >= 0.3 is 17.9 Å². The lowest BCUT2D eigenvalue weighted by molar-refractivity contribution is -0.177. The van der Waals surface area contributed by atoms with Gasteiger partial charge in [0.25, 0.3) is 0 Å². The van der Waals surface area contributed by atoms with Gasteiger partial charge in [0.2, 0.25) is 0 Å². The van der Waals surface area contributed by atoms with E-state index in [1.165, 1.54) is 58.3 Å². The van der Waals surface area contributed by atoms with E-state index in [4.69, 9.17) is 23.7 Å². The maximum absolute atomic E-state index is 13.0. The Morgan fingerprint density at radius 2 is 1.25 bits per heavy atom. The largest absolute Gasteiger partial charge is 0.455 e. The number of ether oxygens (including phenoxy) is 5. The van der Waals surface area contributed by atoms with Crippen molar-refractivity contribution in [2.75, 3.05) is 14.2 Å². The van der Waals surface area contributed by atoms with Gasteiger partial charge in [-0.3, -0.25) is 4.79 Å². The highest BCUT2D eigenvalue weighted by Crippen LogP contribution is 2.39. The quantitative estimate of drug-likeness (QED) is 0.0580. The van der Waals surface area contributed by atoms with E-state index in [1.807, 2.05) is 72.8 Å². The molecule has 5 atom stereocenters. The average molecular weight is 731 g/mol. The van der Waals surface area contributed by atoms with Crippen molar-refractivity contribution in [3.8, 4) is 5.75 Å². The summed E-state index contributed by atoms with van der Waals surface area (Å²) in [5.74, 6) is -0.947. The number of rotatable bonds is 23. The van der Waals surface area contributed by atoms with E-state index in [2.05, 4.69) is 0 Å². The molecule has 1 aliphatic heterocycles. The van der Waals surface area contributed by atoms with Crippen LogP contribution in [0.25, 0.3) is 0 Å². The van der Waals surface area contributed by atoms with Crippen LogP contribution < -0.4 is 4.74 Å². The molecule has 288 valence electrons. The second-order valence-corrected chi connectivity index (χ2v) is 14.7. The van der Waals surface area contributed by atoms with Gasteiger partial charge in [-0.1, -0.05) is 131 Å². The summed E-state index contributed by atoms with van der Waals surface area (Å²) in [6, 6.07) is 26.1. The molecule has 4 rings (SSSR count). The van der Waals surface area contributed by atoms with E-state index >= 15 is 0 Å². The van der Waals surface area contributed by atoms with Gasteiger partial charge in [0.05, 0.1) is 12.0 Å². The van der Waals surface area contributed by atoms with Crippen LogP contribution in [0.3, 0.4) is 0 Å². The van der Waals surface area contributed by atoms with E-state index < -0.39 is 47.4 Å². The molecule has 9 nitrogen and oxygen atoms in total. The zero-order valence-corrected chi connectivity index (χ0v) is 31.9. The number of unbranched alkanes of at least 4 members (excludes halogenated alkanes) is 9. The molecule has 0 amide bonds. The molecule has 1 fully saturated rings. The molecule has 0 saturated carbocycles. The number of methoxy groups -OCH3 is 2. The lowest BCUT2D eigenvalue weighted by atomic mass is 9.82. The summed E-state index contributed by atoms with van der Waals surface area (Å²) in [6.45, 7) is 3.50. The van der Waals surface area contributed by atoms with Crippen LogP contribution in [0.4, 0.5) is 0 Å². The van der Waals surface area contributed by atoms with Gasteiger partial charge in [0.1, 0.15) is 11.4 Å². The molecule has 0 spiro atoms. The van der Waals surface area contributed by atoms with Gasteiger partial charge in [-0.05, 0) is 61.9 Å². The maximum atomic E-state index is 13.0. The van der Waals surface area contributed by atoms with Crippen molar-refractivity contribution in [1.82, 2.24) is 0 Å². The number of carbonyl (C=O) groups excluding carboxylic acids is 3. The van der Waals surface area contributed by atoms with Gasteiger partial charge in [-0.15, -0.1) is 0 Å². The van der Waals surface area contributed by atoms with Gasteiger partial charge in [-0.2, -0.15) is 0 Å². The molecule has 9 heteroatoms. The van der Waals surface area contributed by atoms with E-state index in [0.29, 0.717) is 17.7 Å². The van der Waals surface area contributed by atoms with Crippen LogP contribution in [-0.2, 0) is 39.8 Å². The van der Waals surface area contributed by atoms with Crippen LogP contribution in [0.5, 0.6) is 5.75 Å². The first-order valence-electron chi connectivity index (χ1n) is 19.1. The molecule has 0 unspecified atom stereocenters. The standard InChI is InChI=1S/C44H58O9/c1-43(48,32-44(2)37(31-38(45)53-44)52-42(47)40(50-4)35-24-18-14-19-25-35)30-20-12-10-8-6-5-7-9-11-15-21-33-26-28-36(29-27-33)51-41(46)39(49-3)34-22-16-13-17-23-34/h13-14,16-19,22-29,37,39-40,48H,5-12,15,20-21,30-32H2,1-4H3/t37-,39-,40-,43-,44-/m0/s1. The number of hydrogen-bond donors (Lipinski definition) is 1. The molecular formula is C44H58O9. The van der Waals surface area contributed by atoms with Crippen molar-refractivity contribution in [2.24, 2.45) is 0 Å². The second kappa shape index (κ2) is 21.0. The second-order valence-electron chi connectivity index (χ2n) is 14.7. The molecule has 1 heterocycles. The molecule has 1 saturated heterocycles. The van der Waals surface area contributed by atoms with Crippen LogP contribution in [0.2, 0.25) is 0 Å². The van der Waals surface area contributed by atoms with Crippen molar-refractivity contribution in [2.45, 2.75) is 133 Å². The molecule has 1 aliphatic rings. The van der Waals surface area contributed by atoms with E-state index in [-0.39, 0.29) is 12.8 Å². The van der Waals surface area contributed by atoms with Crippen molar-refractivity contribution in [3.05, 3.63) is 102 Å². The smallest absolute Gasteiger partial charge is 0.345 e. The van der Waals surface area contributed by atoms with E-state index in [9.17, 15) is 19.5 Å². The molecule has 0 radical (unpaired) electrons. The van der Waals surface area contributed by atoms with Crippen molar-refractivity contribution in [3.63, 3.8) is 0 Å². The fourth-order valence-electron chi connectivity index (χ4n) is 7.23. The lowest BCUT2D eigenvalue weighted by Gasteiger charge is -2.36. The number of cyclic esters (lactones) is 1. The van der Waals surface area contributed by atoms with Gasteiger partial charge in [-0.25, -0.2) is 9.59 Å². The third-order valence-corrected chi connectivity index (χ3v) is 10.0. The Labute approximate surface area is 315 Å². The number of aryl methyl sites for hydroxylation is 1. The molecule has 53 heavy (non-hydrogen) atoms. The number of carbonyl (C=O) groups is 3. The predicted molar refractivity (Wildman–Crippen MR) is 203 cm³/mol. The number of benzene rings is 3. The highest BCUT2D eigenvalue weighted by molar-refractivity contribution is 5.79. The Bertz CT molecular complexity index is 1540. The zero-order valence-electron chi connectivity index (χ0n) is 31.9. The minimum Gasteiger partial charge on any atom is -0.455 e. The Hall–Kier alpha value is -4.05. The molecule has 3 aromatic rings. The predicted octanol–water partition coefficient (Wildman–Crippen LogP) is 8.96. The first-order chi connectivity index (χ1) is 25.5. The summed E-state index contributed by atoms with van der Waals surface area (Å²) >= 11 is 0. The molecule has 1 N–H and O–H groups in total. The van der Waals surface area contributed by atoms with E-state index in [1.54, 1.807) is 26.0 Å². The summed E-state index contributed by atoms with van der Waals surface area (Å²) < 4.78 is 27.8. The summed E-state index contributed by atoms with van der Waals surface area (Å²) in [5, 5.41) is 11.3. The van der Waals surface area contributed by atoms with Crippen LogP contribution in [-0.4, -0.2) is 54.5 Å². The number of aliphatic hydroxyl groups is 1. The van der Waals surface area contributed by atoms with Crippen molar-refractivity contribution in [1.29, 1.82) is 0 Å². The third-order valence-electron chi connectivity index (χ3n) is 10.0. The lowest BCUT2D eigenvalue weighted by Crippen LogP contribution is -2.46. The van der Waals surface area contributed by atoms with Gasteiger partial charge in [0, 0.05) is 20.6 Å². The summed E-state index contributed by atoms with van der Waals surface area (Å²) in [5.41, 5.74) is 0.464. The summed E-state index contributed by atoms with van der Waals surface area (Å²) in [6.07, 6.45) is 10.6. The SMILES string of the molecule is CO[C@H](C(=O)Oc1ccc(CCCCCCCCCCCC[C@](C)(O)C[C@]2(C)OC(=O)C[C@@H]2OC(=O)[C@@H](OC)c2ccccc2)cc1)c1ccccc1. The highest BCUT2D eigenvalue weighted by atomic mass is 16.6. The Morgan fingerprint density at radius 1 is 0.755 bits per heavy atom. The average Bonchev–Trinajstić information content (AvgIpc) is 3.41. The Kier molecular flexibility index (Phi) is 16.5. The maximum Gasteiger partial charge on any atom is 0.345 e. The molecule has 0 aromatic heterocycles. The molecular weight excluding hydrogens is 672 g/mol. The molecule has 3 aromatic carbocycles. The zero-order chi connectivity index (χ0) is 38.1. The van der Waals surface area contributed by atoms with Gasteiger partial charge < -0.3 is 28.8 Å². The number of esters is 3. The summed E-state index contributed by atoms with van der Waals surface area (Å²) in [7, 11) is 2.95. The molecule has 0 bridgehead atoms. The normalized spacial score (nSPS) is 19.2. The fraction of sp³-hybridized carbons (Fsp3) is 0.523. The van der Waals surface area contributed by atoms with Crippen LogP contribution in [0, 0.1) is 0 Å². The summed E-state index contributed by atoms with van der Waals surface area (Å²) in [4.78, 5) is 38.0. The highest BCUT2D eigenvalue weighted by Gasteiger charge is 2.51. The minimum absolute atomic E-state index is 0.0518. The monoisotopic (exact) mass is 730 g/mol. The van der Waals surface area contributed by atoms with Crippen LogP contribution >= 0.6 is 0 Å². The minimum atomic E-state index is -1.12. The van der Waals surface area contributed by atoms with Crippen LogP contribution in [0.15, 0.2) is 84.9 Å². The van der Waals surface area contributed by atoms with Crippen molar-refractivity contribution >= 4 is 17.9 Å².